The van der Waals surface area contributed by atoms with Crippen LogP contribution in [0.25, 0.3) is 11.1 Å². The van der Waals surface area contributed by atoms with Crippen molar-refractivity contribution < 1.29 is 22.3 Å². The van der Waals surface area contributed by atoms with Crippen LogP contribution in [0.5, 0.6) is 5.75 Å². The number of aryl methyl sites for hydroxylation is 1. The number of unbranched alkanes of at least 4 members (excludes halogenated alkanes) is 1. The predicted molar refractivity (Wildman–Crippen MR) is 136 cm³/mol. The van der Waals surface area contributed by atoms with Crippen LogP contribution in [0.4, 0.5) is 17.6 Å². The largest absolute Gasteiger partial charge is 0.489 e. The van der Waals surface area contributed by atoms with Crippen molar-refractivity contribution in [2.45, 2.75) is 77.7 Å². The first-order valence-corrected chi connectivity index (χ1v) is 13.1. The number of hydrogen-bond acceptors (Lipinski definition) is 1. The van der Waals surface area contributed by atoms with Crippen molar-refractivity contribution in [1.29, 1.82) is 0 Å². The number of hydrogen-bond donors (Lipinski definition) is 0. The third-order valence-corrected chi connectivity index (χ3v) is 7.58. The molecule has 0 radical (unpaired) electrons. The lowest BCUT2D eigenvalue weighted by Gasteiger charge is -2.28. The van der Waals surface area contributed by atoms with E-state index in [0.29, 0.717) is 34.8 Å². The monoisotopic (exact) mass is 498 g/mol. The minimum absolute atomic E-state index is 0.0677. The summed E-state index contributed by atoms with van der Waals surface area (Å²) in [5.41, 5.74) is 1.70. The first kappa shape index (κ1) is 26.2. The first-order chi connectivity index (χ1) is 17.4. The van der Waals surface area contributed by atoms with Gasteiger partial charge in [-0.25, -0.2) is 17.6 Å². The van der Waals surface area contributed by atoms with Crippen LogP contribution in [0.15, 0.2) is 48.5 Å². The molecule has 0 N–H and O–H groups in total. The van der Waals surface area contributed by atoms with Crippen LogP contribution in [0, 0.1) is 29.2 Å². The van der Waals surface area contributed by atoms with Gasteiger partial charge in [-0.3, -0.25) is 0 Å². The van der Waals surface area contributed by atoms with Crippen molar-refractivity contribution in [3.05, 3.63) is 88.5 Å². The lowest BCUT2D eigenvalue weighted by atomic mass is 9.77. The van der Waals surface area contributed by atoms with Gasteiger partial charge >= 0.3 is 0 Å². The Balaban J connectivity index is 1.43. The highest BCUT2D eigenvalue weighted by Crippen LogP contribution is 2.39. The summed E-state index contributed by atoms with van der Waals surface area (Å²) < 4.78 is 64.4. The van der Waals surface area contributed by atoms with Gasteiger partial charge in [0.15, 0.2) is 23.3 Å². The Labute approximate surface area is 211 Å². The topological polar surface area (TPSA) is 9.23 Å². The van der Waals surface area contributed by atoms with Gasteiger partial charge in [-0.05, 0) is 79.2 Å². The van der Waals surface area contributed by atoms with E-state index >= 15 is 8.78 Å². The van der Waals surface area contributed by atoms with Gasteiger partial charge in [-0.1, -0.05) is 63.1 Å². The Kier molecular flexibility index (Phi) is 8.71. The van der Waals surface area contributed by atoms with Gasteiger partial charge in [0.25, 0.3) is 0 Å². The van der Waals surface area contributed by atoms with Crippen molar-refractivity contribution in [3.63, 3.8) is 0 Å². The second-order valence-electron chi connectivity index (χ2n) is 9.88. The number of rotatable bonds is 9. The van der Waals surface area contributed by atoms with E-state index in [0.717, 1.165) is 44.9 Å². The van der Waals surface area contributed by atoms with Crippen LogP contribution in [0.3, 0.4) is 0 Å². The Morgan fingerprint density at radius 1 is 0.722 bits per heavy atom. The number of benzene rings is 3. The van der Waals surface area contributed by atoms with E-state index in [1.165, 1.54) is 0 Å². The quantitative estimate of drug-likeness (QED) is 0.267. The van der Waals surface area contributed by atoms with E-state index in [2.05, 4.69) is 6.92 Å². The minimum Gasteiger partial charge on any atom is -0.489 e. The summed E-state index contributed by atoms with van der Waals surface area (Å²) in [7, 11) is 0. The van der Waals surface area contributed by atoms with Crippen molar-refractivity contribution in [1.82, 2.24) is 0 Å². The van der Waals surface area contributed by atoms with Gasteiger partial charge in [0.05, 0.1) is 0 Å². The smallest absolute Gasteiger partial charge is 0.166 e. The van der Waals surface area contributed by atoms with Gasteiger partial charge in [0.2, 0.25) is 0 Å². The zero-order valence-electron chi connectivity index (χ0n) is 21.1. The molecule has 0 saturated heterocycles. The van der Waals surface area contributed by atoms with Crippen LogP contribution >= 0.6 is 0 Å². The molecule has 1 saturated carbocycles. The van der Waals surface area contributed by atoms with E-state index in [4.69, 9.17) is 4.74 Å². The number of ether oxygens (including phenoxy) is 1. The maximum absolute atomic E-state index is 15.0. The van der Waals surface area contributed by atoms with Gasteiger partial charge in [0, 0.05) is 11.1 Å². The van der Waals surface area contributed by atoms with Gasteiger partial charge < -0.3 is 4.74 Å². The molecule has 4 rings (SSSR count). The molecule has 0 heterocycles. The maximum atomic E-state index is 15.0. The fraction of sp³-hybridized carbons (Fsp3) is 0.419. The first-order valence-electron chi connectivity index (χ1n) is 13.1. The predicted octanol–water partition coefficient (Wildman–Crippen LogP) is 9.52. The van der Waals surface area contributed by atoms with Crippen LogP contribution in [-0.2, 0) is 13.0 Å². The molecule has 192 valence electrons. The highest BCUT2D eigenvalue weighted by atomic mass is 19.2. The molecule has 1 fully saturated rings. The van der Waals surface area contributed by atoms with Gasteiger partial charge in [0.1, 0.15) is 12.4 Å². The maximum Gasteiger partial charge on any atom is 0.166 e. The van der Waals surface area contributed by atoms with Crippen LogP contribution in [-0.4, -0.2) is 0 Å². The average molecular weight is 499 g/mol. The second kappa shape index (κ2) is 11.9. The van der Waals surface area contributed by atoms with Crippen LogP contribution < -0.4 is 4.74 Å². The molecule has 0 bridgehead atoms. The molecule has 0 atom stereocenters. The summed E-state index contributed by atoms with van der Waals surface area (Å²) in [4.78, 5) is 0. The molecule has 0 aliphatic heterocycles. The third-order valence-electron chi connectivity index (χ3n) is 7.58. The molecular weight excluding hydrogens is 464 g/mol. The summed E-state index contributed by atoms with van der Waals surface area (Å²) >= 11 is 0. The van der Waals surface area contributed by atoms with Gasteiger partial charge in [-0.15, -0.1) is 0 Å². The molecule has 1 aliphatic rings. The fourth-order valence-corrected chi connectivity index (χ4v) is 5.18. The van der Waals surface area contributed by atoms with Crippen molar-refractivity contribution in [2.75, 3.05) is 0 Å². The summed E-state index contributed by atoms with van der Waals surface area (Å²) in [6.45, 7) is 4.05. The van der Waals surface area contributed by atoms with Crippen molar-refractivity contribution in [2.24, 2.45) is 5.92 Å². The highest BCUT2D eigenvalue weighted by Gasteiger charge is 2.26. The Bertz CT molecular complexity index is 1160. The molecule has 5 heteroatoms. The Morgan fingerprint density at radius 3 is 2.06 bits per heavy atom. The van der Waals surface area contributed by atoms with Crippen LogP contribution in [0.2, 0.25) is 0 Å². The normalized spacial score (nSPS) is 17.8. The molecule has 3 aromatic carbocycles. The molecule has 1 nitrogen and oxygen atoms in total. The van der Waals surface area contributed by atoms with Crippen molar-refractivity contribution in [3.8, 4) is 16.9 Å². The van der Waals surface area contributed by atoms with Crippen LogP contribution in [0.1, 0.15) is 81.4 Å². The number of halogens is 4. The van der Waals surface area contributed by atoms with E-state index in [1.807, 2.05) is 6.92 Å². The van der Waals surface area contributed by atoms with E-state index in [1.54, 1.807) is 48.5 Å². The second-order valence-corrected chi connectivity index (χ2v) is 9.88. The zero-order valence-corrected chi connectivity index (χ0v) is 21.1. The summed E-state index contributed by atoms with van der Waals surface area (Å²) in [6, 6.07) is 13.0. The van der Waals surface area contributed by atoms with E-state index in [-0.39, 0.29) is 23.7 Å². The van der Waals surface area contributed by atoms with Gasteiger partial charge in [-0.2, -0.15) is 0 Å². The summed E-state index contributed by atoms with van der Waals surface area (Å²) in [5, 5.41) is 0. The lowest BCUT2D eigenvalue weighted by Crippen LogP contribution is -2.14. The Hall–Kier alpha value is -2.82. The molecule has 36 heavy (non-hydrogen) atoms. The molecule has 0 spiro atoms. The standard InChI is InChI=1S/C31H34F4O/c1-3-5-6-23-11-12-24(29(33)28(23)32)19-36-25-15-13-22(14-16-25)27-18-17-26(30(34)31(27)35)21-9-7-20(4-2)8-10-21/h11-18,20-21H,3-10,19H2,1-2H3. The molecule has 3 aromatic rings. The fourth-order valence-electron chi connectivity index (χ4n) is 5.18. The molecular formula is C31H34F4O. The summed E-state index contributed by atoms with van der Waals surface area (Å²) in [6.07, 6.45) is 7.25. The Morgan fingerprint density at radius 2 is 1.39 bits per heavy atom. The highest BCUT2D eigenvalue weighted by molar-refractivity contribution is 5.65. The third kappa shape index (κ3) is 5.77. The molecule has 0 amide bonds. The minimum atomic E-state index is -0.888. The summed E-state index contributed by atoms with van der Waals surface area (Å²) in [5.74, 6) is -2.11. The molecule has 0 aromatic heterocycles. The molecule has 1 aliphatic carbocycles. The SMILES string of the molecule is CCCCc1ccc(COc2ccc(-c3ccc(C4CCC(CC)CC4)c(F)c3F)cc2)c(F)c1F. The van der Waals surface area contributed by atoms with Crippen molar-refractivity contribution >= 4 is 0 Å². The van der Waals surface area contributed by atoms with E-state index < -0.39 is 23.3 Å². The molecule has 0 unspecified atom stereocenters. The lowest BCUT2D eigenvalue weighted by molar-refractivity contribution is 0.297. The van der Waals surface area contributed by atoms with E-state index in [9.17, 15) is 8.78 Å². The zero-order chi connectivity index (χ0) is 25.7. The average Bonchev–Trinajstić information content (AvgIpc) is 2.91.